The second kappa shape index (κ2) is 3.93. The molecule has 0 fully saturated rings. The molecule has 0 saturated carbocycles. The number of rotatable bonds is 1. The average molecular weight is 202 g/mol. The van der Waals surface area contributed by atoms with Crippen molar-refractivity contribution in [1.29, 1.82) is 0 Å². The summed E-state index contributed by atoms with van der Waals surface area (Å²) in [5.74, 6) is 0. The fourth-order valence-electron chi connectivity index (χ4n) is 1.28. The Morgan fingerprint density at radius 1 is 1.21 bits per heavy atom. The first-order chi connectivity index (χ1) is 6.79. The van der Waals surface area contributed by atoms with Gasteiger partial charge in [0.2, 0.25) is 0 Å². The summed E-state index contributed by atoms with van der Waals surface area (Å²) in [7, 11) is 0. The maximum atomic E-state index is 4.49. The summed E-state index contributed by atoms with van der Waals surface area (Å²) < 4.78 is 0. The van der Waals surface area contributed by atoms with Crippen LogP contribution in [0.15, 0.2) is 40.8 Å². The molecule has 2 rings (SSSR count). The van der Waals surface area contributed by atoms with Gasteiger partial charge in [0.15, 0.2) is 0 Å². The van der Waals surface area contributed by atoms with Gasteiger partial charge in [-0.3, -0.25) is 0 Å². The smallest absolute Gasteiger partial charge is 0.0967 e. The van der Waals surface area contributed by atoms with Gasteiger partial charge in [0.05, 0.1) is 10.7 Å². The molecular formula is C12H12NS. The first-order valence-electron chi connectivity index (χ1n) is 4.61. The Morgan fingerprint density at radius 2 is 1.93 bits per heavy atom. The third-order valence-corrected chi connectivity index (χ3v) is 3.03. The van der Waals surface area contributed by atoms with E-state index in [1.54, 1.807) is 11.8 Å². The molecule has 0 amide bonds. The van der Waals surface area contributed by atoms with E-state index in [1.807, 2.05) is 13.0 Å². The number of hydrogen-bond acceptors (Lipinski definition) is 1. The van der Waals surface area contributed by atoms with Gasteiger partial charge >= 0.3 is 0 Å². The molecule has 71 valence electrons. The van der Waals surface area contributed by atoms with E-state index < -0.39 is 0 Å². The van der Waals surface area contributed by atoms with Crippen LogP contribution in [-0.4, -0.2) is 0 Å². The molecule has 0 unspecified atom stereocenters. The zero-order valence-corrected chi connectivity index (χ0v) is 9.14. The van der Waals surface area contributed by atoms with Crippen LogP contribution in [0, 0.1) is 6.92 Å². The topological polar surface area (TPSA) is 14.1 Å². The minimum absolute atomic E-state index is 1.07. The molecule has 0 spiro atoms. The average Bonchev–Trinajstić information content (AvgIpc) is 2.67. The summed E-state index contributed by atoms with van der Waals surface area (Å²) >= 11 is 1.68. The van der Waals surface area contributed by atoms with Gasteiger partial charge in [-0.25, -0.2) is 5.32 Å². The van der Waals surface area contributed by atoms with Gasteiger partial charge < -0.3 is 0 Å². The Labute approximate surface area is 88.9 Å². The molecule has 1 aliphatic rings. The van der Waals surface area contributed by atoms with Crippen LogP contribution in [0.4, 0.5) is 0 Å². The van der Waals surface area contributed by atoms with Gasteiger partial charge in [0, 0.05) is 11.0 Å². The molecule has 0 atom stereocenters. The predicted octanol–water partition coefficient (Wildman–Crippen LogP) is 3.51. The Hall–Kier alpha value is -1.15. The van der Waals surface area contributed by atoms with Crippen molar-refractivity contribution in [3.8, 4) is 0 Å². The van der Waals surface area contributed by atoms with Crippen LogP contribution in [0.5, 0.6) is 0 Å². The molecule has 0 aliphatic carbocycles. The Kier molecular flexibility index (Phi) is 2.64. The van der Waals surface area contributed by atoms with E-state index in [0.29, 0.717) is 0 Å². The summed E-state index contributed by atoms with van der Waals surface area (Å²) in [5, 5.41) is 7.67. The van der Waals surface area contributed by atoms with Crippen LogP contribution in [0.2, 0.25) is 0 Å². The first-order valence-corrected chi connectivity index (χ1v) is 5.49. The van der Waals surface area contributed by atoms with Gasteiger partial charge in [-0.2, -0.15) is 0 Å². The molecular weight excluding hydrogens is 190 g/mol. The zero-order valence-electron chi connectivity index (χ0n) is 8.32. The summed E-state index contributed by atoms with van der Waals surface area (Å²) in [6.07, 6.45) is 2.03. The SMILES string of the molecule is CC=C1[N]C(c2ccc(C)cc2)=CS1. The number of allylic oxidation sites excluding steroid dienone is 1. The van der Waals surface area contributed by atoms with Gasteiger partial charge in [-0.15, -0.1) is 0 Å². The standard InChI is InChI=1S/C12H12NS/c1-3-12-13-11(8-14-12)10-6-4-9(2)5-7-10/h3-8H,1-2H3. The van der Waals surface area contributed by atoms with E-state index in [4.69, 9.17) is 0 Å². The molecule has 1 aliphatic heterocycles. The largest absolute Gasteiger partial charge is 0.241 e. The lowest BCUT2D eigenvalue weighted by Gasteiger charge is -2.01. The Balaban J connectivity index is 2.22. The molecule has 1 aromatic carbocycles. The predicted molar refractivity (Wildman–Crippen MR) is 62.6 cm³/mol. The van der Waals surface area contributed by atoms with Crippen LogP contribution >= 0.6 is 11.8 Å². The lowest BCUT2D eigenvalue weighted by molar-refractivity contribution is 1.18. The fraction of sp³-hybridized carbons (Fsp3) is 0.167. The van der Waals surface area contributed by atoms with E-state index >= 15 is 0 Å². The van der Waals surface area contributed by atoms with Gasteiger partial charge in [0.25, 0.3) is 0 Å². The van der Waals surface area contributed by atoms with E-state index in [2.05, 4.69) is 41.9 Å². The van der Waals surface area contributed by atoms with E-state index in [1.165, 1.54) is 11.1 Å². The van der Waals surface area contributed by atoms with Gasteiger partial charge in [-0.05, 0) is 13.8 Å². The molecule has 1 heterocycles. The highest BCUT2D eigenvalue weighted by Gasteiger charge is 2.12. The maximum absolute atomic E-state index is 4.49. The lowest BCUT2D eigenvalue weighted by atomic mass is 10.1. The van der Waals surface area contributed by atoms with Crippen molar-refractivity contribution in [2.75, 3.05) is 0 Å². The summed E-state index contributed by atoms with van der Waals surface area (Å²) in [6.45, 7) is 4.10. The van der Waals surface area contributed by atoms with Gasteiger partial charge in [0.1, 0.15) is 0 Å². The minimum Gasteiger partial charge on any atom is -0.241 e. The summed E-state index contributed by atoms with van der Waals surface area (Å²) in [5.41, 5.74) is 3.55. The Morgan fingerprint density at radius 3 is 2.50 bits per heavy atom. The Bertz CT molecular complexity index is 387. The van der Waals surface area contributed by atoms with Crippen molar-refractivity contribution in [2.45, 2.75) is 13.8 Å². The number of hydrogen-bond donors (Lipinski definition) is 0. The monoisotopic (exact) mass is 202 g/mol. The van der Waals surface area contributed by atoms with Crippen molar-refractivity contribution in [3.05, 3.63) is 51.9 Å². The van der Waals surface area contributed by atoms with E-state index in [0.717, 1.165) is 10.7 Å². The van der Waals surface area contributed by atoms with Crippen molar-refractivity contribution in [2.24, 2.45) is 0 Å². The van der Waals surface area contributed by atoms with Crippen molar-refractivity contribution >= 4 is 17.5 Å². The van der Waals surface area contributed by atoms with Crippen LogP contribution in [0.3, 0.4) is 0 Å². The molecule has 2 heteroatoms. The third-order valence-electron chi connectivity index (χ3n) is 2.12. The number of benzene rings is 1. The van der Waals surface area contributed by atoms with Crippen LogP contribution in [-0.2, 0) is 0 Å². The highest BCUT2D eigenvalue weighted by molar-refractivity contribution is 8.06. The summed E-state index contributed by atoms with van der Waals surface area (Å²) in [6, 6.07) is 8.46. The van der Waals surface area contributed by atoms with Crippen LogP contribution in [0.1, 0.15) is 18.1 Å². The van der Waals surface area contributed by atoms with Crippen LogP contribution in [0.25, 0.3) is 5.70 Å². The highest BCUT2D eigenvalue weighted by Crippen LogP contribution is 2.31. The summed E-state index contributed by atoms with van der Waals surface area (Å²) in [4.78, 5) is 0. The zero-order chi connectivity index (χ0) is 9.97. The van der Waals surface area contributed by atoms with Crippen LogP contribution < -0.4 is 5.32 Å². The van der Waals surface area contributed by atoms with Gasteiger partial charge in [-0.1, -0.05) is 47.7 Å². The molecule has 0 aromatic heterocycles. The third kappa shape index (κ3) is 1.85. The molecule has 0 saturated heterocycles. The molecule has 14 heavy (non-hydrogen) atoms. The number of thioether (sulfide) groups is 1. The fourth-order valence-corrected chi connectivity index (χ4v) is 1.99. The normalized spacial score (nSPS) is 18.1. The molecule has 0 bridgehead atoms. The van der Waals surface area contributed by atoms with Crippen molar-refractivity contribution in [3.63, 3.8) is 0 Å². The lowest BCUT2D eigenvalue weighted by Crippen LogP contribution is -1.95. The quantitative estimate of drug-likeness (QED) is 0.679. The van der Waals surface area contributed by atoms with E-state index in [9.17, 15) is 0 Å². The van der Waals surface area contributed by atoms with Crippen molar-refractivity contribution < 1.29 is 0 Å². The first kappa shape index (κ1) is 9.41. The minimum atomic E-state index is 1.07. The van der Waals surface area contributed by atoms with E-state index in [-0.39, 0.29) is 0 Å². The van der Waals surface area contributed by atoms with Crippen molar-refractivity contribution in [1.82, 2.24) is 5.32 Å². The highest BCUT2D eigenvalue weighted by atomic mass is 32.2. The molecule has 0 N–H and O–H groups in total. The number of nitrogens with zero attached hydrogens (tertiary/aromatic N) is 1. The molecule has 1 radical (unpaired) electrons. The second-order valence-electron chi connectivity index (χ2n) is 3.23. The second-order valence-corrected chi connectivity index (χ2v) is 4.12. The maximum Gasteiger partial charge on any atom is 0.0967 e. The number of aryl methyl sites for hydroxylation is 1. The molecule has 1 nitrogen and oxygen atoms in total. The molecule has 1 aromatic rings.